The van der Waals surface area contributed by atoms with Crippen LogP contribution in [0.3, 0.4) is 0 Å². The molecule has 0 unspecified atom stereocenters. The molecule has 0 radical (unpaired) electrons. The van der Waals surface area contributed by atoms with Gasteiger partial charge in [-0.25, -0.2) is 0 Å². The fraction of sp³-hybridized carbons (Fsp3) is 0.739. The fourth-order valence-corrected chi connectivity index (χ4v) is 3.56. The van der Waals surface area contributed by atoms with Crippen molar-refractivity contribution in [2.24, 2.45) is 0 Å². The van der Waals surface area contributed by atoms with E-state index in [1.807, 2.05) is 0 Å². The Balaban J connectivity index is 1.88. The summed E-state index contributed by atoms with van der Waals surface area (Å²) in [5.74, 6) is -0.110. The molecule has 1 aromatic rings. The van der Waals surface area contributed by atoms with Crippen molar-refractivity contribution >= 4 is 0 Å². The number of hydrogen-bond acceptors (Lipinski definition) is 3. The summed E-state index contributed by atoms with van der Waals surface area (Å²) >= 11 is 0. The molecule has 0 spiro atoms. The number of unbranched alkanes of at least 4 members (excludes halogenated alkanes) is 14. The van der Waals surface area contributed by atoms with Crippen molar-refractivity contribution in [2.45, 2.75) is 110 Å². The van der Waals surface area contributed by atoms with Crippen LogP contribution in [0.1, 0.15) is 109 Å². The molecule has 0 aliphatic carbocycles. The Morgan fingerprint density at radius 3 is 1.27 bits per heavy atom. The molecule has 0 bridgehead atoms. The lowest BCUT2D eigenvalue weighted by atomic mass is 10.0. The third-order valence-corrected chi connectivity index (χ3v) is 5.22. The van der Waals surface area contributed by atoms with Gasteiger partial charge in [-0.15, -0.1) is 0 Å². The summed E-state index contributed by atoms with van der Waals surface area (Å²) in [6.45, 7) is 2.27. The van der Waals surface area contributed by atoms with Gasteiger partial charge >= 0.3 is 0 Å². The van der Waals surface area contributed by atoms with Crippen LogP contribution in [0.2, 0.25) is 0 Å². The normalized spacial score (nSPS) is 11.1. The van der Waals surface area contributed by atoms with Crippen molar-refractivity contribution in [3.63, 3.8) is 0 Å². The Hall–Kier alpha value is -1.38. The van der Waals surface area contributed by atoms with E-state index in [9.17, 15) is 15.3 Å². The standard InChI is InChI=1S/C23H40O3/c1-2-3-4-5-6-7-8-9-10-11-12-13-14-15-16-17-21-22(25)18-20(24)19-23(21)26/h18-19,24-26H,2-17H2,1H3. The highest BCUT2D eigenvalue weighted by atomic mass is 16.3. The third kappa shape index (κ3) is 10.6. The maximum atomic E-state index is 9.77. The molecule has 0 aliphatic rings. The van der Waals surface area contributed by atoms with Crippen molar-refractivity contribution in [3.8, 4) is 17.2 Å². The molecule has 0 atom stereocenters. The van der Waals surface area contributed by atoms with Crippen LogP contribution in [0.4, 0.5) is 0 Å². The summed E-state index contributed by atoms with van der Waals surface area (Å²) in [7, 11) is 0. The van der Waals surface area contributed by atoms with E-state index in [4.69, 9.17) is 0 Å². The predicted octanol–water partition coefficient (Wildman–Crippen LogP) is 7.22. The average molecular weight is 365 g/mol. The van der Waals surface area contributed by atoms with E-state index in [-0.39, 0.29) is 17.2 Å². The SMILES string of the molecule is CCCCCCCCCCCCCCCCCc1c(O)cc(O)cc1O. The Bertz CT molecular complexity index is 448. The van der Waals surface area contributed by atoms with Gasteiger partial charge in [0, 0.05) is 17.7 Å². The number of phenols is 3. The zero-order valence-corrected chi connectivity index (χ0v) is 16.8. The van der Waals surface area contributed by atoms with E-state index in [2.05, 4.69) is 6.92 Å². The van der Waals surface area contributed by atoms with Crippen molar-refractivity contribution < 1.29 is 15.3 Å². The quantitative estimate of drug-likeness (QED) is 0.271. The first-order valence-corrected chi connectivity index (χ1v) is 10.9. The molecule has 0 fully saturated rings. The molecule has 0 aromatic heterocycles. The van der Waals surface area contributed by atoms with E-state index >= 15 is 0 Å². The Morgan fingerprint density at radius 1 is 0.538 bits per heavy atom. The predicted molar refractivity (Wildman–Crippen MR) is 110 cm³/mol. The summed E-state index contributed by atoms with van der Waals surface area (Å²) in [5, 5.41) is 28.8. The molecule has 3 heteroatoms. The Morgan fingerprint density at radius 2 is 0.885 bits per heavy atom. The van der Waals surface area contributed by atoms with Gasteiger partial charge < -0.3 is 15.3 Å². The minimum atomic E-state index is -0.0970. The van der Waals surface area contributed by atoms with Crippen LogP contribution in [-0.4, -0.2) is 15.3 Å². The van der Waals surface area contributed by atoms with Crippen LogP contribution in [-0.2, 0) is 6.42 Å². The second kappa shape index (κ2) is 14.8. The van der Waals surface area contributed by atoms with Crippen LogP contribution >= 0.6 is 0 Å². The number of benzene rings is 1. The number of phenolic OH excluding ortho intramolecular Hbond substituents is 3. The summed E-state index contributed by atoms with van der Waals surface area (Å²) < 4.78 is 0. The molecule has 150 valence electrons. The maximum Gasteiger partial charge on any atom is 0.126 e. The molecular weight excluding hydrogens is 324 g/mol. The third-order valence-electron chi connectivity index (χ3n) is 5.22. The van der Waals surface area contributed by atoms with Crippen LogP contribution in [0.25, 0.3) is 0 Å². The molecule has 0 aliphatic heterocycles. The zero-order chi connectivity index (χ0) is 19.0. The van der Waals surface area contributed by atoms with Crippen LogP contribution in [0, 0.1) is 0 Å². The van der Waals surface area contributed by atoms with Crippen LogP contribution in [0.5, 0.6) is 17.2 Å². The highest BCUT2D eigenvalue weighted by Crippen LogP contribution is 2.33. The monoisotopic (exact) mass is 364 g/mol. The summed E-state index contributed by atoms with van der Waals surface area (Å²) in [6.07, 6.45) is 20.5. The van der Waals surface area contributed by atoms with Gasteiger partial charge in [0.2, 0.25) is 0 Å². The van der Waals surface area contributed by atoms with Crippen LogP contribution < -0.4 is 0 Å². The minimum absolute atomic E-state index is 0.00661. The van der Waals surface area contributed by atoms with Gasteiger partial charge in [0.1, 0.15) is 17.2 Å². The first kappa shape index (κ1) is 22.7. The highest BCUT2D eigenvalue weighted by molar-refractivity contribution is 5.48. The van der Waals surface area contributed by atoms with Gasteiger partial charge in [-0.1, -0.05) is 96.8 Å². The van der Waals surface area contributed by atoms with Gasteiger partial charge in [0.25, 0.3) is 0 Å². The largest absolute Gasteiger partial charge is 0.508 e. The molecule has 0 saturated heterocycles. The Kier molecular flexibility index (Phi) is 12.9. The first-order valence-electron chi connectivity index (χ1n) is 10.9. The number of hydrogen-bond donors (Lipinski definition) is 3. The first-order chi connectivity index (χ1) is 12.6. The summed E-state index contributed by atoms with van der Waals surface area (Å²) in [5.41, 5.74) is 0.553. The summed E-state index contributed by atoms with van der Waals surface area (Å²) in [6, 6.07) is 2.58. The van der Waals surface area contributed by atoms with Crippen molar-refractivity contribution in [1.29, 1.82) is 0 Å². The lowest BCUT2D eigenvalue weighted by Gasteiger charge is -2.08. The molecule has 0 heterocycles. The number of rotatable bonds is 16. The number of aromatic hydroxyl groups is 3. The van der Waals surface area contributed by atoms with Crippen molar-refractivity contribution in [2.75, 3.05) is 0 Å². The smallest absolute Gasteiger partial charge is 0.126 e. The molecular formula is C23H40O3. The van der Waals surface area contributed by atoms with E-state index in [1.165, 1.54) is 95.6 Å². The highest BCUT2D eigenvalue weighted by Gasteiger charge is 2.09. The molecule has 1 aromatic carbocycles. The van der Waals surface area contributed by atoms with Crippen molar-refractivity contribution in [1.82, 2.24) is 0 Å². The Labute approximate surface area is 160 Å². The van der Waals surface area contributed by atoms with Crippen LogP contribution in [0.15, 0.2) is 12.1 Å². The molecule has 0 amide bonds. The van der Waals surface area contributed by atoms with Gasteiger partial charge in [-0.3, -0.25) is 0 Å². The minimum Gasteiger partial charge on any atom is -0.508 e. The second-order valence-corrected chi connectivity index (χ2v) is 7.66. The van der Waals surface area contributed by atoms with E-state index in [0.29, 0.717) is 12.0 Å². The molecule has 26 heavy (non-hydrogen) atoms. The van der Waals surface area contributed by atoms with Gasteiger partial charge in [0.05, 0.1) is 0 Å². The summed E-state index contributed by atoms with van der Waals surface area (Å²) in [4.78, 5) is 0. The van der Waals surface area contributed by atoms with Gasteiger partial charge in [-0.05, 0) is 12.8 Å². The molecule has 1 rings (SSSR count). The fourth-order valence-electron chi connectivity index (χ4n) is 3.56. The van der Waals surface area contributed by atoms with Gasteiger partial charge in [0.15, 0.2) is 0 Å². The second-order valence-electron chi connectivity index (χ2n) is 7.66. The van der Waals surface area contributed by atoms with E-state index in [0.717, 1.165) is 12.8 Å². The van der Waals surface area contributed by atoms with Gasteiger partial charge in [-0.2, -0.15) is 0 Å². The molecule has 3 N–H and O–H groups in total. The van der Waals surface area contributed by atoms with E-state index < -0.39 is 0 Å². The molecule has 0 saturated carbocycles. The zero-order valence-electron chi connectivity index (χ0n) is 16.8. The van der Waals surface area contributed by atoms with E-state index in [1.54, 1.807) is 0 Å². The topological polar surface area (TPSA) is 60.7 Å². The lowest BCUT2D eigenvalue weighted by molar-refractivity contribution is 0.417. The maximum absolute atomic E-state index is 9.77. The van der Waals surface area contributed by atoms with Crippen molar-refractivity contribution in [3.05, 3.63) is 17.7 Å². The average Bonchev–Trinajstić information content (AvgIpc) is 2.60. The molecule has 3 nitrogen and oxygen atoms in total. The lowest BCUT2D eigenvalue weighted by Crippen LogP contribution is -1.89.